The van der Waals surface area contributed by atoms with Crippen LogP contribution in [0.4, 0.5) is 0 Å². The molecule has 3 aromatic rings. The van der Waals surface area contributed by atoms with Gasteiger partial charge in [0, 0.05) is 37.1 Å². The number of aliphatic hydroxyl groups is 1. The first kappa shape index (κ1) is 38.8. The second kappa shape index (κ2) is 19.4. The maximum atomic E-state index is 13.8. The summed E-state index contributed by atoms with van der Waals surface area (Å²) < 4.78 is 0. The Morgan fingerprint density at radius 3 is 2.02 bits per heavy atom. The van der Waals surface area contributed by atoms with Crippen molar-refractivity contribution in [3.05, 3.63) is 101 Å². The predicted molar refractivity (Wildman–Crippen MR) is 190 cm³/mol. The fourth-order valence-corrected chi connectivity index (χ4v) is 5.29. The van der Waals surface area contributed by atoms with E-state index in [1.54, 1.807) is 19.1 Å². The Bertz CT molecular complexity index is 1480. The predicted octanol–water partition coefficient (Wildman–Crippen LogP) is 3.42. The third kappa shape index (κ3) is 13.8. The highest BCUT2D eigenvalue weighted by Crippen LogP contribution is 2.21. The molecule has 1 heterocycles. The minimum absolute atomic E-state index is 0.0389. The molecule has 11 heteroatoms. The molecule has 0 spiro atoms. The third-order valence-corrected chi connectivity index (χ3v) is 8.00. The van der Waals surface area contributed by atoms with E-state index in [-0.39, 0.29) is 29.9 Å². The summed E-state index contributed by atoms with van der Waals surface area (Å²) in [5.41, 5.74) is 2.84. The Hall–Kier alpha value is -4.61. The topological polar surface area (TPSA) is 162 Å². The molecule has 0 aliphatic rings. The van der Waals surface area contributed by atoms with E-state index >= 15 is 0 Å². The molecule has 4 amide bonds. The van der Waals surface area contributed by atoms with Crippen LogP contribution in [0.3, 0.4) is 0 Å². The van der Waals surface area contributed by atoms with E-state index in [4.69, 9.17) is 0 Å². The highest BCUT2D eigenvalue weighted by Gasteiger charge is 2.31. The SMILES string of the molecule is CCC[C@H](NC(=O)C(CC(C)(C)C)NC(=O)c1ccncc1)C(=O)NC(CN[C@@H](C)C(=O)NCc1ccc(CO)cc1)Cc1ccccc1. The quantitative estimate of drug-likeness (QED) is 0.121. The number of amides is 4. The Balaban J connectivity index is 1.67. The van der Waals surface area contributed by atoms with Crippen LogP contribution in [0.2, 0.25) is 0 Å². The van der Waals surface area contributed by atoms with Crippen LogP contribution < -0.4 is 26.6 Å². The van der Waals surface area contributed by atoms with Gasteiger partial charge in [0.25, 0.3) is 5.91 Å². The van der Waals surface area contributed by atoms with Gasteiger partial charge in [0.1, 0.15) is 12.1 Å². The highest BCUT2D eigenvalue weighted by molar-refractivity contribution is 5.98. The van der Waals surface area contributed by atoms with Crippen molar-refractivity contribution in [1.29, 1.82) is 0 Å². The smallest absolute Gasteiger partial charge is 0.252 e. The lowest BCUT2D eigenvalue weighted by atomic mass is 9.87. The van der Waals surface area contributed by atoms with Crippen molar-refractivity contribution in [1.82, 2.24) is 31.6 Å². The van der Waals surface area contributed by atoms with Gasteiger partial charge >= 0.3 is 0 Å². The summed E-state index contributed by atoms with van der Waals surface area (Å²) in [6, 6.07) is 17.7. The standard InChI is InChI=1S/C38H52N6O5/c1-6-10-32(43-37(49)33(22-38(3,4)5)44-35(47)30-17-19-39-20-18-30)36(48)42-31(21-27-11-8-7-9-12-27)24-40-26(2)34(46)41-23-28-13-15-29(25-45)16-14-28/h7-9,11-20,26,31-33,40,45H,6,10,21-25H2,1-5H3,(H,41,46)(H,42,48)(H,43,49)(H,44,47)/t26-,31?,32-,33?/m0/s1. The van der Waals surface area contributed by atoms with Crippen LogP contribution in [0.15, 0.2) is 79.1 Å². The van der Waals surface area contributed by atoms with E-state index in [2.05, 4.69) is 31.6 Å². The van der Waals surface area contributed by atoms with Crippen molar-refractivity contribution in [2.75, 3.05) is 6.54 Å². The van der Waals surface area contributed by atoms with Crippen molar-refractivity contribution >= 4 is 23.6 Å². The van der Waals surface area contributed by atoms with E-state index < -0.39 is 29.9 Å². The van der Waals surface area contributed by atoms with E-state index in [0.29, 0.717) is 44.3 Å². The Labute approximate surface area is 290 Å². The first-order chi connectivity index (χ1) is 23.4. The number of hydrogen-bond acceptors (Lipinski definition) is 7. The van der Waals surface area contributed by atoms with Crippen LogP contribution in [0.1, 0.15) is 80.9 Å². The van der Waals surface area contributed by atoms with Crippen LogP contribution in [-0.4, -0.2) is 64.4 Å². The minimum Gasteiger partial charge on any atom is -0.392 e. The molecule has 4 atom stereocenters. The fraction of sp³-hybridized carbons (Fsp3) is 0.447. The van der Waals surface area contributed by atoms with E-state index in [1.807, 2.05) is 82.3 Å². The van der Waals surface area contributed by atoms with Crippen LogP contribution in [0.5, 0.6) is 0 Å². The third-order valence-electron chi connectivity index (χ3n) is 8.00. The molecule has 0 aliphatic carbocycles. The summed E-state index contributed by atoms with van der Waals surface area (Å²) >= 11 is 0. The van der Waals surface area contributed by atoms with E-state index in [0.717, 1.165) is 16.7 Å². The summed E-state index contributed by atoms with van der Waals surface area (Å²) in [6.07, 6.45) is 4.96. The number of rotatable bonds is 18. The molecular formula is C38H52N6O5. The number of benzene rings is 2. The second-order valence-corrected chi connectivity index (χ2v) is 13.6. The first-order valence-corrected chi connectivity index (χ1v) is 16.9. The number of aliphatic hydroxyl groups excluding tert-OH is 1. The van der Waals surface area contributed by atoms with Gasteiger partial charge in [-0.3, -0.25) is 24.2 Å². The van der Waals surface area contributed by atoms with Gasteiger partial charge in [-0.15, -0.1) is 0 Å². The normalized spacial score (nSPS) is 13.8. The maximum absolute atomic E-state index is 13.8. The minimum atomic E-state index is -0.860. The monoisotopic (exact) mass is 672 g/mol. The molecule has 1 aromatic heterocycles. The van der Waals surface area contributed by atoms with Gasteiger partial charge in [0.15, 0.2) is 0 Å². The lowest BCUT2D eigenvalue weighted by Crippen LogP contribution is -2.57. The highest BCUT2D eigenvalue weighted by atomic mass is 16.3. The zero-order chi connectivity index (χ0) is 35.8. The van der Waals surface area contributed by atoms with Crippen molar-refractivity contribution in [2.45, 2.75) is 97.6 Å². The fourth-order valence-electron chi connectivity index (χ4n) is 5.29. The van der Waals surface area contributed by atoms with Crippen LogP contribution in [-0.2, 0) is 34.0 Å². The van der Waals surface area contributed by atoms with Gasteiger partial charge in [-0.25, -0.2) is 0 Å². The van der Waals surface area contributed by atoms with Gasteiger partial charge in [-0.05, 0) is 60.4 Å². The zero-order valence-electron chi connectivity index (χ0n) is 29.3. The van der Waals surface area contributed by atoms with Gasteiger partial charge in [0.05, 0.1) is 12.6 Å². The molecule has 0 bridgehead atoms. The van der Waals surface area contributed by atoms with Gasteiger partial charge in [-0.1, -0.05) is 88.7 Å². The van der Waals surface area contributed by atoms with Gasteiger partial charge in [-0.2, -0.15) is 0 Å². The second-order valence-electron chi connectivity index (χ2n) is 13.6. The number of pyridine rings is 1. The number of hydrogen-bond donors (Lipinski definition) is 6. The molecule has 0 fully saturated rings. The van der Waals surface area contributed by atoms with Crippen molar-refractivity contribution in [2.24, 2.45) is 5.41 Å². The summed E-state index contributed by atoms with van der Waals surface area (Å²) in [6.45, 7) is 10.3. The summed E-state index contributed by atoms with van der Waals surface area (Å²) in [4.78, 5) is 57.2. The Morgan fingerprint density at radius 1 is 0.776 bits per heavy atom. The molecule has 49 heavy (non-hydrogen) atoms. The maximum Gasteiger partial charge on any atom is 0.252 e. The van der Waals surface area contributed by atoms with Crippen molar-refractivity contribution in [3.8, 4) is 0 Å². The van der Waals surface area contributed by atoms with E-state index in [9.17, 15) is 24.3 Å². The molecule has 0 saturated heterocycles. The van der Waals surface area contributed by atoms with Gasteiger partial charge in [0.2, 0.25) is 17.7 Å². The molecule has 2 aromatic carbocycles. The molecule has 11 nitrogen and oxygen atoms in total. The van der Waals surface area contributed by atoms with Crippen molar-refractivity contribution < 1.29 is 24.3 Å². The molecular weight excluding hydrogens is 620 g/mol. The molecule has 0 radical (unpaired) electrons. The Morgan fingerprint density at radius 2 is 1.41 bits per heavy atom. The van der Waals surface area contributed by atoms with Crippen LogP contribution in [0, 0.1) is 5.41 Å². The number of aromatic nitrogens is 1. The summed E-state index contributed by atoms with van der Waals surface area (Å²) in [5.74, 6) is -1.35. The molecule has 264 valence electrons. The number of carbonyl (C=O) groups is 4. The zero-order valence-corrected chi connectivity index (χ0v) is 29.3. The Kier molecular flexibility index (Phi) is 15.4. The number of nitrogens with one attached hydrogen (secondary N) is 5. The van der Waals surface area contributed by atoms with E-state index in [1.165, 1.54) is 12.4 Å². The van der Waals surface area contributed by atoms with Crippen LogP contribution >= 0.6 is 0 Å². The number of carbonyl (C=O) groups excluding carboxylic acids is 4. The van der Waals surface area contributed by atoms with Crippen LogP contribution in [0.25, 0.3) is 0 Å². The van der Waals surface area contributed by atoms with Crippen molar-refractivity contribution in [3.63, 3.8) is 0 Å². The lowest BCUT2D eigenvalue weighted by Gasteiger charge is -2.29. The van der Waals surface area contributed by atoms with Gasteiger partial charge < -0.3 is 31.7 Å². The summed E-state index contributed by atoms with van der Waals surface area (Å²) in [5, 5.41) is 24.3. The molecule has 0 saturated carbocycles. The average molecular weight is 673 g/mol. The largest absolute Gasteiger partial charge is 0.392 e. The lowest BCUT2D eigenvalue weighted by molar-refractivity contribution is -0.130. The molecule has 6 N–H and O–H groups in total. The first-order valence-electron chi connectivity index (χ1n) is 16.9. The average Bonchev–Trinajstić information content (AvgIpc) is 3.09. The summed E-state index contributed by atoms with van der Waals surface area (Å²) in [7, 11) is 0. The molecule has 2 unspecified atom stereocenters. The molecule has 0 aliphatic heterocycles. The number of nitrogens with zero attached hydrogens (tertiary/aromatic N) is 1. The molecule has 3 rings (SSSR count).